The Labute approximate surface area is 182 Å². The molecule has 4 N–H and O–H groups in total. The third kappa shape index (κ3) is 3.09. The second-order valence-electron chi connectivity index (χ2n) is 7.95. The van der Waals surface area contributed by atoms with Gasteiger partial charge in [-0.05, 0) is 30.7 Å². The van der Waals surface area contributed by atoms with Crippen LogP contribution in [0.2, 0.25) is 0 Å². The average molecular weight is 462 g/mol. The second kappa shape index (κ2) is 7.14. The molecular formula is C20H20F2N6O3S. The summed E-state index contributed by atoms with van der Waals surface area (Å²) >= 11 is 0. The first-order chi connectivity index (χ1) is 15.2. The molecule has 2 aromatic rings. The van der Waals surface area contributed by atoms with Crippen molar-refractivity contribution in [2.45, 2.75) is 19.5 Å². The maximum absolute atomic E-state index is 14.9. The number of hydrogen-bond acceptors (Lipinski definition) is 5. The van der Waals surface area contributed by atoms with Crippen LogP contribution in [0, 0.1) is 18.7 Å². The van der Waals surface area contributed by atoms with Gasteiger partial charge in [0.15, 0.2) is 0 Å². The van der Waals surface area contributed by atoms with Gasteiger partial charge in [-0.15, -0.1) is 0 Å². The van der Waals surface area contributed by atoms with Crippen LogP contribution in [-0.2, 0) is 16.8 Å². The Kier molecular flexibility index (Phi) is 4.60. The van der Waals surface area contributed by atoms with Gasteiger partial charge in [0.25, 0.3) is 5.91 Å². The minimum absolute atomic E-state index is 0.0570. The molecule has 32 heavy (non-hydrogen) atoms. The predicted octanol–water partition coefficient (Wildman–Crippen LogP) is 1.21. The molecule has 2 atom stereocenters. The quantitative estimate of drug-likeness (QED) is 0.632. The first kappa shape index (κ1) is 20.6. The topological polar surface area (TPSA) is 122 Å². The van der Waals surface area contributed by atoms with E-state index in [0.29, 0.717) is 5.39 Å². The van der Waals surface area contributed by atoms with Gasteiger partial charge < -0.3 is 15.7 Å². The van der Waals surface area contributed by atoms with Crippen LogP contribution in [-0.4, -0.2) is 44.2 Å². The molecule has 3 heterocycles. The lowest BCUT2D eigenvalue weighted by molar-refractivity contribution is 0.0993. The maximum atomic E-state index is 14.9. The molecule has 9 nitrogen and oxygen atoms in total. The van der Waals surface area contributed by atoms with Crippen LogP contribution >= 0.6 is 0 Å². The maximum Gasteiger partial charge on any atom is 0.301 e. The molecule has 2 unspecified atom stereocenters. The fraction of sp³-hybridized carbons (Fsp3) is 0.300. The molecule has 3 aliphatic rings. The van der Waals surface area contributed by atoms with Crippen molar-refractivity contribution in [1.82, 2.24) is 14.7 Å². The van der Waals surface area contributed by atoms with E-state index in [-0.39, 0.29) is 59.6 Å². The van der Waals surface area contributed by atoms with Crippen LogP contribution in [0.15, 0.2) is 40.8 Å². The number of halogens is 2. The molecule has 12 heteroatoms. The number of aryl methyl sites for hydroxylation is 1. The number of benzene rings is 1. The summed E-state index contributed by atoms with van der Waals surface area (Å²) in [5, 5.41) is 4.29. The van der Waals surface area contributed by atoms with E-state index in [9.17, 15) is 22.0 Å². The molecule has 5 rings (SSSR count). The molecule has 1 aliphatic carbocycles. The van der Waals surface area contributed by atoms with E-state index < -0.39 is 27.8 Å². The van der Waals surface area contributed by atoms with Crippen LogP contribution in [0.4, 0.5) is 14.5 Å². The molecule has 2 aliphatic heterocycles. The van der Waals surface area contributed by atoms with Crippen LogP contribution in [0.5, 0.6) is 0 Å². The van der Waals surface area contributed by atoms with E-state index in [1.807, 2.05) is 0 Å². The van der Waals surface area contributed by atoms with Gasteiger partial charge >= 0.3 is 10.2 Å². The van der Waals surface area contributed by atoms with Crippen molar-refractivity contribution in [3.05, 3.63) is 52.8 Å². The normalized spacial score (nSPS) is 23.8. The fourth-order valence-corrected chi connectivity index (χ4v) is 5.65. The van der Waals surface area contributed by atoms with Crippen molar-refractivity contribution < 1.29 is 22.0 Å². The van der Waals surface area contributed by atoms with Gasteiger partial charge in [-0.1, -0.05) is 6.08 Å². The number of carbonyl (C=O) groups excluding carboxylic acids is 1. The number of nitrogens with one attached hydrogen (secondary N) is 2. The monoisotopic (exact) mass is 462 g/mol. The number of nitrogens with two attached hydrogens (primary N) is 1. The van der Waals surface area contributed by atoms with Crippen molar-refractivity contribution in [2.24, 2.45) is 16.8 Å². The number of allylic oxidation sites excluding steroid dienone is 2. The molecule has 1 aromatic carbocycles. The van der Waals surface area contributed by atoms with E-state index in [2.05, 4.69) is 15.2 Å². The number of aromatic nitrogens is 1. The molecular weight excluding hydrogens is 442 g/mol. The number of rotatable bonds is 4. The zero-order valence-electron chi connectivity index (χ0n) is 17.0. The van der Waals surface area contributed by atoms with Gasteiger partial charge in [0.1, 0.15) is 17.3 Å². The Balaban J connectivity index is 1.74. The van der Waals surface area contributed by atoms with Crippen molar-refractivity contribution in [3.8, 4) is 0 Å². The minimum Gasteiger partial charge on any atom is -0.364 e. The highest BCUT2D eigenvalue weighted by atomic mass is 32.2. The Morgan fingerprint density at radius 2 is 2.09 bits per heavy atom. The standard InChI is InChI=1S/C20H20F2N6O3S/c1-10-4-13-17(7-14(10)21)27(9-12-6-16-11(5-15(12)22)8-24-26-16)19(20(23)29)18(13)28-3-2-25-32(28,30)31/h4-8,11,16,25-26H,2-3,9H2,1H3,(H2,23,29). The molecule has 0 radical (unpaired) electrons. The summed E-state index contributed by atoms with van der Waals surface area (Å²) in [6.45, 7) is 1.60. The molecule has 1 saturated heterocycles. The highest BCUT2D eigenvalue weighted by Crippen LogP contribution is 2.39. The first-order valence-electron chi connectivity index (χ1n) is 9.94. The van der Waals surface area contributed by atoms with Crippen LogP contribution in [0.3, 0.4) is 0 Å². The van der Waals surface area contributed by atoms with Crippen LogP contribution in [0.1, 0.15) is 16.1 Å². The average Bonchev–Trinajstić information content (AvgIpc) is 3.38. The largest absolute Gasteiger partial charge is 0.364 e. The summed E-state index contributed by atoms with van der Waals surface area (Å²) in [6.07, 6.45) is 4.67. The van der Waals surface area contributed by atoms with Crippen LogP contribution < -0.4 is 20.2 Å². The number of fused-ring (bicyclic) bond motifs is 2. The summed E-state index contributed by atoms with van der Waals surface area (Å²) in [4.78, 5) is 12.6. The smallest absolute Gasteiger partial charge is 0.301 e. The van der Waals surface area contributed by atoms with Gasteiger partial charge in [0, 0.05) is 36.2 Å². The van der Waals surface area contributed by atoms with Crippen molar-refractivity contribution >= 4 is 38.9 Å². The Hall–Kier alpha value is -3.25. The van der Waals surface area contributed by atoms with Crippen molar-refractivity contribution in [3.63, 3.8) is 0 Å². The van der Waals surface area contributed by atoms with Crippen LogP contribution in [0.25, 0.3) is 10.9 Å². The molecule has 0 saturated carbocycles. The zero-order valence-corrected chi connectivity index (χ0v) is 17.8. The summed E-state index contributed by atoms with van der Waals surface area (Å²) in [6, 6.07) is 2.44. The molecule has 1 aromatic heterocycles. The number of hydrazone groups is 1. The highest BCUT2D eigenvalue weighted by molar-refractivity contribution is 7.91. The van der Waals surface area contributed by atoms with Gasteiger partial charge in [0.2, 0.25) is 0 Å². The number of nitrogens with zero attached hydrogens (tertiary/aromatic N) is 3. The van der Waals surface area contributed by atoms with Gasteiger partial charge in [-0.2, -0.15) is 18.2 Å². The van der Waals surface area contributed by atoms with E-state index in [1.165, 1.54) is 29.7 Å². The number of primary amides is 1. The highest BCUT2D eigenvalue weighted by Gasteiger charge is 2.36. The first-order valence-corrected chi connectivity index (χ1v) is 11.4. The number of carbonyl (C=O) groups is 1. The van der Waals surface area contributed by atoms with E-state index >= 15 is 0 Å². The molecule has 1 fully saturated rings. The molecule has 1 amide bonds. The van der Waals surface area contributed by atoms with E-state index in [1.54, 1.807) is 12.3 Å². The van der Waals surface area contributed by atoms with Crippen molar-refractivity contribution in [2.75, 3.05) is 17.4 Å². The van der Waals surface area contributed by atoms with Gasteiger partial charge in [-0.3, -0.25) is 9.10 Å². The SMILES string of the molecule is Cc1cc2c(N3CCNS3(=O)=O)c(C(N)=O)n(CC3=CC4NN=CC4C=C3F)c2cc1F. The lowest BCUT2D eigenvalue weighted by Crippen LogP contribution is -2.32. The fourth-order valence-electron chi connectivity index (χ4n) is 4.39. The summed E-state index contributed by atoms with van der Waals surface area (Å²) in [7, 11) is -3.91. The zero-order chi connectivity index (χ0) is 22.8. The number of amides is 1. The predicted molar refractivity (Wildman–Crippen MR) is 116 cm³/mol. The Morgan fingerprint density at radius 3 is 2.78 bits per heavy atom. The Morgan fingerprint density at radius 1 is 1.31 bits per heavy atom. The summed E-state index contributed by atoms with van der Waals surface area (Å²) < 4.78 is 59.4. The van der Waals surface area contributed by atoms with Gasteiger partial charge in [-0.25, -0.2) is 8.78 Å². The molecule has 0 spiro atoms. The third-order valence-electron chi connectivity index (χ3n) is 5.93. The minimum atomic E-state index is -3.91. The summed E-state index contributed by atoms with van der Waals surface area (Å²) in [5.74, 6) is -2.17. The van der Waals surface area contributed by atoms with Gasteiger partial charge in [0.05, 0.1) is 23.8 Å². The lowest BCUT2D eigenvalue weighted by Gasteiger charge is -2.21. The molecule has 168 valence electrons. The summed E-state index contributed by atoms with van der Waals surface area (Å²) in [5.41, 5.74) is 9.24. The van der Waals surface area contributed by atoms with Crippen molar-refractivity contribution in [1.29, 1.82) is 0 Å². The lowest BCUT2D eigenvalue weighted by atomic mass is 9.93. The number of anilines is 1. The number of hydrogen-bond donors (Lipinski definition) is 3. The third-order valence-corrected chi connectivity index (χ3v) is 7.44. The van der Waals surface area contributed by atoms with E-state index in [4.69, 9.17) is 5.73 Å². The molecule has 0 bridgehead atoms. The second-order valence-corrected chi connectivity index (χ2v) is 9.63. The van der Waals surface area contributed by atoms with E-state index in [0.717, 1.165) is 4.31 Å². The Bertz CT molecular complexity index is 1360.